The predicted molar refractivity (Wildman–Crippen MR) is 58.1 cm³/mol. The molecule has 1 aromatic carbocycles. The Hall–Kier alpha value is -1.14. The molecule has 1 atom stereocenters. The number of aliphatic hydroxyl groups excluding tert-OH is 1. The van der Waals surface area contributed by atoms with E-state index in [4.69, 9.17) is 21.1 Å². The van der Waals surface area contributed by atoms with Crippen LogP contribution in [0.25, 0.3) is 0 Å². The van der Waals surface area contributed by atoms with Gasteiger partial charge in [0.15, 0.2) is 17.6 Å². The first-order chi connectivity index (χ1) is 8.39. The van der Waals surface area contributed by atoms with Crippen molar-refractivity contribution in [3.63, 3.8) is 0 Å². The smallest absolute Gasteiger partial charge is 0.418 e. The van der Waals surface area contributed by atoms with Crippen LogP contribution < -0.4 is 9.47 Å². The van der Waals surface area contributed by atoms with Gasteiger partial charge in [0.25, 0.3) is 0 Å². The van der Waals surface area contributed by atoms with Crippen molar-refractivity contribution in [3.05, 3.63) is 22.7 Å². The van der Waals surface area contributed by atoms with E-state index in [1.54, 1.807) is 0 Å². The number of fused-ring (bicyclic) bond motifs is 1. The Morgan fingerprint density at radius 1 is 1.22 bits per heavy atom. The highest BCUT2D eigenvalue weighted by Gasteiger charge is 2.40. The van der Waals surface area contributed by atoms with Crippen LogP contribution in [0.5, 0.6) is 11.5 Å². The summed E-state index contributed by atoms with van der Waals surface area (Å²) in [5.41, 5.74) is -0.364. The lowest BCUT2D eigenvalue weighted by atomic mass is 10.1. The summed E-state index contributed by atoms with van der Waals surface area (Å²) in [5.74, 6) is 0.339. The lowest BCUT2D eigenvalue weighted by Crippen LogP contribution is -2.20. The van der Waals surface area contributed by atoms with Gasteiger partial charge in [0.05, 0.1) is 18.2 Å². The van der Waals surface area contributed by atoms with Crippen LogP contribution in [-0.4, -0.2) is 24.5 Å². The number of hydrogen-bond acceptors (Lipinski definition) is 3. The van der Waals surface area contributed by atoms with Gasteiger partial charge in [0.2, 0.25) is 0 Å². The van der Waals surface area contributed by atoms with E-state index in [-0.39, 0.29) is 22.1 Å². The van der Waals surface area contributed by atoms with Crippen molar-refractivity contribution in [1.29, 1.82) is 0 Å². The summed E-state index contributed by atoms with van der Waals surface area (Å²) in [4.78, 5) is 0. The zero-order valence-corrected chi connectivity index (χ0v) is 9.88. The van der Waals surface area contributed by atoms with Crippen molar-refractivity contribution < 1.29 is 27.8 Å². The quantitative estimate of drug-likeness (QED) is 0.860. The van der Waals surface area contributed by atoms with Crippen molar-refractivity contribution in [3.8, 4) is 11.5 Å². The minimum absolute atomic E-state index is 0.00676. The van der Waals surface area contributed by atoms with E-state index in [0.717, 1.165) is 12.1 Å². The molecular formula is C11H10ClF3O3. The molecule has 1 aliphatic heterocycles. The summed E-state index contributed by atoms with van der Waals surface area (Å²) >= 11 is 5.83. The molecule has 7 heteroatoms. The fraction of sp³-hybridized carbons (Fsp3) is 0.455. The highest BCUT2D eigenvalue weighted by Crippen LogP contribution is 2.42. The van der Waals surface area contributed by atoms with Crippen LogP contribution in [0.2, 0.25) is 5.02 Å². The lowest BCUT2D eigenvalue weighted by Gasteiger charge is -2.17. The number of rotatable bonds is 1. The van der Waals surface area contributed by atoms with Gasteiger partial charge in [-0.15, -0.1) is 0 Å². The topological polar surface area (TPSA) is 38.7 Å². The molecule has 2 rings (SSSR count). The van der Waals surface area contributed by atoms with Gasteiger partial charge in [-0.2, -0.15) is 13.2 Å². The van der Waals surface area contributed by atoms with Crippen molar-refractivity contribution in [1.82, 2.24) is 0 Å². The Morgan fingerprint density at radius 2 is 1.89 bits per heavy atom. The molecule has 0 spiro atoms. The zero-order valence-electron chi connectivity index (χ0n) is 9.13. The number of hydrogen-bond donors (Lipinski definition) is 1. The third-order valence-electron chi connectivity index (χ3n) is 2.45. The Kier molecular flexibility index (Phi) is 3.59. The maximum absolute atomic E-state index is 12.4. The molecule has 1 N–H and O–H groups in total. The van der Waals surface area contributed by atoms with Crippen LogP contribution in [0.1, 0.15) is 18.1 Å². The van der Waals surface area contributed by atoms with E-state index < -0.39 is 12.3 Å². The van der Waals surface area contributed by atoms with Crippen LogP contribution >= 0.6 is 11.6 Å². The molecule has 3 nitrogen and oxygen atoms in total. The molecule has 1 aromatic rings. The van der Waals surface area contributed by atoms with Gasteiger partial charge in [0, 0.05) is 6.42 Å². The number of alkyl halides is 3. The van der Waals surface area contributed by atoms with Gasteiger partial charge in [0.1, 0.15) is 0 Å². The average Bonchev–Trinajstić information content (AvgIpc) is 2.52. The van der Waals surface area contributed by atoms with Crippen LogP contribution in [0, 0.1) is 0 Å². The van der Waals surface area contributed by atoms with Gasteiger partial charge in [-0.05, 0) is 17.7 Å². The van der Waals surface area contributed by atoms with E-state index in [9.17, 15) is 18.3 Å². The summed E-state index contributed by atoms with van der Waals surface area (Å²) < 4.78 is 47.8. The van der Waals surface area contributed by atoms with Crippen LogP contribution in [0.15, 0.2) is 12.1 Å². The van der Waals surface area contributed by atoms with Crippen molar-refractivity contribution in [2.24, 2.45) is 0 Å². The molecule has 0 aromatic heterocycles. The molecule has 0 saturated carbocycles. The SMILES string of the molecule is OC(c1cc(Cl)c2c(c1)OCCCO2)C(F)(F)F. The van der Waals surface area contributed by atoms with E-state index >= 15 is 0 Å². The van der Waals surface area contributed by atoms with E-state index in [0.29, 0.717) is 19.6 Å². The van der Waals surface area contributed by atoms with Gasteiger partial charge in [-0.25, -0.2) is 0 Å². The highest BCUT2D eigenvalue weighted by molar-refractivity contribution is 6.32. The lowest BCUT2D eigenvalue weighted by molar-refractivity contribution is -0.206. The van der Waals surface area contributed by atoms with Gasteiger partial charge >= 0.3 is 6.18 Å². The van der Waals surface area contributed by atoms with E-state index in [1.807, 2.05) is 0 Å². The number of halogens is 4. The molecule has 0 aliphatic carbocycles. The second kappa shape index (κ2) is 4.85. The molecular weight excluding hydrogens is 273 g/mol. The van der Waals surface area contributed by atoms with E-state index in [1.165, 1.54) is 0 Å². The summed E-state index contributed by atoms with van der Waals surface area (Å²) in [6.07, 6.45) is -6.72. The van der Waals surface area contributed by atoms with Crippen molar-refractivity contribution in [2.75, 3.05) is 13.2 Å². The van der Waals surface area contributed by atoms with E-state index in [2.05, 4.69) is 0 Å². The molecule has 1 aliphatic rings. The average molecular weight is 283 g/mol. The second-order valence-electron chi connectivity index (χ2n) is 3.82. The van der Waals surface area contributed by atoms with Gasteiger partial charge in [-0.3, -0.25) is 0 Å². The normalized spacial score (nSPS) is 17.2. The summed E-state index contributed by atoms with van der Waals surface area (Å²) in [7, 11) is 0. The summed E-state index contributed by atoms with van der Waals surface area (Å²) in [6, 6.07) is 2.14. The predicted octanol–water partition coefficient (Wildman–Crippen LogP) is 3.10. The maximum atomic E-state index is 12.4. The fourth-order valence-corrected chi connectivity index (χ4v) is 1.87. The molecule has 100 valence electrons. The van der Waals surface area contributed by atoms with Crippen LogP contribution in [0.4, 0.5) is 13.2 Å². The Bertz CT molecular complexity index is 448. The fourth-order valence-electron chi connectivity index (χ4n) is 1.60. The Balaban J connectivity index is 2.40. The number of benzene rings is 1. The van der Waals surface area contributed by atoms with Crippen LogP contribution in [-0.2, 0) is 0 Å². The largest absolute Gasteiger partial charge is 0.489 e. The molecule has 0 radical (unpaired) electrons. The molecule has 1 heterocycles. The van der Waals surface area contributed by atoms with Gasteiger partial charge in [-0.1, -0.05) is 11.6 Å². The molecule has 0 fully saturated rings. The van der Waals surface area contributed by atoms with Crippen LogP contribution in [0.3, 0.4) is 0 Å². The molecule has 0 bridgehead atoms. The summed E-state index contributed by atoms with van der Waals surface area (Å²) in [5, 5.41) is 9.17. The third-order valence-corrected chi connectivity index (χ3v) is 2.73. The first-order valence-corrected chi connectivity index (χ1v) is 5.61. The maximum Gasteiger partial charge on any atom is 0.418 e. The zero-order chi connectivity index (χ0) is 13.3. The minimum Gasteiger partial charge on any atom is -0.489 e. The monoisotopic (exact) mass is 282 g/mol. The third kappa shape index (κ3) is 2.64. The highest BCUT2D eigenvalue weighted by atomic mass is 35.5. The number of ether oxygens (including phenoxy) is 2. The second-order valence-corrected chi connectivity index (χ2v) is 4.23. The molecule has 0 amide bonds. The molecule has 18 heavy (non-hydrogen) atoms. The van der Waals surface area contributed by atoms with Crippen molar-refractivity contribution in [2.45, 2.75) is 18.7 Å². The standard InChI is InChI=1S/C11H10ClF3O3/c12-7-4-6(10(16)11(13,14)15)5-8-9(7)18-3-1-2-17-8/h4-5,10,16H,1-3H2. The number of aliphatic hydroxyl groups is 1. The Labute approximate surface area is 106 Å². The minimum atomic E-state index is -4.75. The Morgan fingerprint density at radius 3 is 2.56 bits per heavy atom. The first kappa shape index (κ1) is 13.3. The van der Waals surface area contributed by atoms with Crippen molar-refractivity contribution >= 4 is 11.6 Å². The first-order valence-electron chi connectivity index (χ1n) is 5.23. The molecule has 0 saturated heterocycles. The van der Waals surface area contributed by atoms with Gasteiger partial charge < -0.3 is 14.6 Å². The molecule has 1 unspecified atom stereocenters. The summed E-state index contributed by atoms with van der Waals surface area (Å²) in [6.45, 7) is 0.711.